The molecule has 1 aromatic carbocycles. The second-order valence-corrected chi connectivity index (χ2v) is 6.77. The lowest BCUT2D eigenvalue weighted by molar-refractivity contribution is -0.143. The van der Waals surface area contributed by atoms with Crippen molar-refractivity contribution < 1.29 is 35.9 Å². The molecule has 2 saturated carbocycles. The van der Waals surface area contributed by atoms with E-state index in [2.05, 4.69) is 0 Å². The Morgan fingerprint density at radius 2 is 1.28 bits per heavy atom. The van der Waals surface area contributed by atoms with Gasteiger partial charge in [0.15, 0.2) is 0 Å². The largest absolute Gasteiger partial charge is 0.416 e. The number of alkyl halides is 6. The van der Waals surface area contributed by atoms with Gasteiger partial charge in [0.05, 0.1) is 17.5 Å². The average molecular weight is 364 g/mol. The molecule has 0 amide bonds. The fraction of sp³-hybridized carbons (Fsp3) is 0.529. The number of benzene rings is 1. The van der Waals surface area contributed by atoms with E-state index < -0.39 is 29.4 Å². The highest BCUT2D eigenvalue weighted by Crippen LogP contribution is 2.55. The minimum Gasteiger partial charge on any atom is -0.299 e. The first-order chi connectivity index (χ1) is 11.4. The molecule has 1 aromatic rings. The summed E-state index contributed by atoms with van der Waals surface area (Å²) < 4.78 is 77.5. The Balaban J connectivity index is 1.88. The van der Waals surface area contributed by atoms with Crippen LogP contribution in [0, 0.1) is 11.8 Å². The third-order valence-electron chi connectivity index (χ3n) is 4.86. The fourth-order valence-corrected chi connectivity index (χ4v) is 3.64. The molecule has 2 fully saturated rings. The number of Topliss-reactive ketones (excluding diaryl/α,β-unsaturated/α-hetero) is 2. The van der Waals surface area contributed by atoms with Crippen molar-refractivity contribution in [1.29, 1.82) is 0 Å². The van der Waals surface area contributed by atoms with E-state index >= 15 is 0 Å². The summed E-state index contributed by atoms with van der Waals surface area (Å²) in [7, 11) is 0. The summed E-state index contributed by atoms with van der Waals surface area (Å²) in [6.45, 7) is 0. The number of carbonyl (C=O) groups excluding carboxylic acids is 2. The van der Waals surface area contributed by atoms with Crippen LogP contribution in [0.2, 0.25) is 0 Å². The Morgan fingerprint density at radius 3 is 1.72 bits per heavy atom. The van der Waals surface area contributed by atoms with Crippen molar-refractivity contribution in [3.05, 3.63) is 34.9 Å². The van der Waals surface area contributed by atoms with Gasteiger partial charge in [0, 0.05) is 12.8 Å². The lowest BCUT2D eigenvalue weighted by atomic mass is 9.83. The van der Waals surface area contributed by atoms with Crippen LogP contribution < -0.4 is 0 Å². The number of rotatable bonds is 2. The molecule has 136 valence electrons. The smallest absolute Gasteiger partial charge is 0.299 e. The van der Waals surface area contributed by atoms with E-state index in [4.69, 9.17) is 0 Å². The molecule has 0 saturated heterocycles. The molecule has 0 spiro atoms. The molecule has 2 aliphatic carbocycles. The minimum atomic E-state index is -4.88. The highest BCUT2D eigenvalue weighted by molar-refractivity contribution is 6.01. The standard InChI is InChI=1S/C17H14F6O2/c18-16(19,20)10-1-8(2-11(5-10)17(21,22)23)14-7-15(14)9-3-12(24)6-13(25)4-9/h1-2,5,9,14-15H,3-4,6-7H2. The van der Waals surface area contributed by atoms with Crippen LogP contribution in [0.3, 0.4) is 0 Å². The molecule has 3 rings (SSSR count). The Hall–Kier alpha value is -1.86. The maximum Gasteiger partial charge on any atom is 0.416 e. The Labute approximate surface area is 139 Å². The number of hydrogen-bond donors (Lipinski definition) is 0. The van der Waals surface area contributed by atoms with Crippen molar-refractivity contribution in [2.75, 3.05) is 0 Å². The molecule has 0 aliphatic heterocycles. The molecule has 2 nitrogen and oxygen atoms in total. The molecule has 2 atom stereocenters. The van der Waals surface area contributed by atoms with Crippen molar-refractivity contribution in [3.8, 4) is 0 Å². The third kappa shape index (κ3) is 3.88. The maximum atomic E-state index is 12.9. The van der Waals surface area contributed by atoms with Crippen molar-refractivity contribution in [1.82, 2.24) is 0 Å². The quantitative estimate of drug-likeness (QED) is 0.560. The Morgan fingerprint density at radius 1 is 0.800 bits per heavy atom. The number of hydrogen-bond acceptors (Lipinski definition) is 2. The topological polar surface area (TPSA) is 34.1 Å². The van der Waals surface area contributed by atoms with Crippen molar-refractivity contribution >= 4 is 11.6 Å². The van der Waals surface area contributed by atoms with Gasteiger partial charge < -0.3 is 0 Å². The molecule has 25 heavy (non-hydrogen) atoms. The van der Waals surface area contributed by atoms with Gasteiger partial charge in [-0.15, -0.1) is 0 Å². The van der Waals surface area contributed by atoms with Gasteiger partial charge in [-0.25, -0.2) is 0 Å². The molecule has 2 aliphatic rings. The van der Waals surface area contributed by atoms with Gasteiger partial charge in [-0.1, -0.05) is 0 Å². The molecule has 0 N–H and O–H groups in total. The fourth-order valence-electron chi connectivity index (χ4n) is 3.64. The van der Waals surface area contributed by atoms with Crippen LogP contribution in [0.15, 0.2) is 18.2 Å². The molecule has 0 radical (unpaired) electrons. The van der Waals surface area contributed by atoms with E-state index in [1.165, 1.54) is 0 Å². The van der Waals surface area contributed by atoms with Crippen LogP contribution in [-0.4, -0.2) is 11.6 Å². The highest BCUT2D eigenvalue weighted by Gasteiger charge is 2.47. The van der Waals surface area contributed by atoms with Crippen LogP contribution in [0.25, 0.3) is 0 Å². The zero-order valence-corrected chi connectivity index (χ0v) is 12.9. The van der Waals surface area contributed by atoms with E-state index in [1.807, 2.05) is 0 Å². The molecular weight excluding hydrogens is 350 g/mol. The summed E-state index contributed by atoms with van der Waals surface area (Å²) in [6, 6.07) is 1.59. The summed E-state index contributed by atoms with van der Waals surface area (Å²) in [5.41, 5.74) is -2.70. The summed E-state index contributed by atoms with van der Waals surface area (Å²) in [5.74, 6) is -1.42. The SMILES string of the molecule is O=C1CC(=O)CC(C2CC2c2cc(C(F)(F)F)cc(C(F)(F)F)c2)C1. The first kappa shape index (κ1) is 17.9. The van der Waals surface area contributed by atoms with Crippen molar-refractivity contribution in [3.63, 3.8) is 0 Å². The molecule has 0 heterocycles. The van der Waals surface area contributed by atoms with Gasteiger partial charge in [0.2, 0.25) is 0 Å². The summed E-state index contributed by atoms with van der Waals surface area (Å²) in [5, 5.41) is 0. The zero-order chi connectivity index (χ0) is 18.6. The number of ketones is 2. The zero-order valence-electron chi connectivity index (χ0n) is 12.9. The van der Waals surface area contributed by atoms with Crippen LogP contribution in [0.5, 0.6) is 0 Å². The van der Waals surface area contributed by atoms with E-state index in [1.54, 1.807) is 0 Å². The van der Waals surface area contributed by atoms with Crippen LogP contribution >= 0.6 is 0 Å². The lowest BCUT2D eigenvalue weighted by Crippen LogP contribution is -2.24. The minimum absolute atomic E-state index is 0.0300. The predicted molar refractivity (Wildman–Crippen MR) is 74.6 cm³/mol. The van der Waals surface area contributed by atoms with Gasteiger partial charge in [0.1, 0.15) is 11.6 Å². The van der Waals surface area contributed by atoms with Gasteiger partial charge in [-0.2, -0.15) is 26.3 Å². The van der Waals surface area contributed by atoms with Crippen LogP contribution in [0.1, 0.15) is 48.3 Å². The van der Waals surface area contributed by atoms with E-state index in [-0.39, 0.29) is 54.3 Å². The maximum absolute atomic E-state index is 12.9. The summed E-state index contributed by atoms with van der Waals surface area (Å²) >= 11 is 0. The monoisotopic (exact) mass is 364 g/mol. The average Bonchev–Trinajstić information content (AvgIpc) is 3.24. The lowest BCUT2D eigenvalue weighted by Gasteiger charge is -2.20. The summed E-state index contributed by atoms with van der Waals surface area (Å²) in [4.78, 5) is 23.0. The predicted octanol–water partition coefficient (Wildman–Crippen LogP) is 4.77. The Bertz CT molecular complexity index is 671. The third-order valence-corrected chi connectivity index (χ3v) is 4.86. The second kappa shape index (κ2) is 5.85. The molecular formula is C17H14F6O2. The Kier molecular flexibility index (Phi) is 4.20. The van der Waals surface area contributed by atoms with E-state index in [9.17, 15) is 35.9 Å². The van der Waals surface area contributed by atoms with Gasteiger partial charge in [0.25, 0.3) is 0 Å². The normalized spacial score (nSPS) is 25.4. The molecule has 0 bridgehead atoms. The van der Waals surface area contributed by atoms with Crippen molar-refractivity contribution in [2.24, 2.45) is 11.8 Å². The molecule has 8 heteroatoms. The van der Waals surface area contributed by atoms with Gasteiger partial charge in [-0.05, 0) is 47.9 Å². The molecule has 2 unspecified atom stereocenters. The van der Waals surface area contributed by atoms with Crippen molar-refractivity contribution in [2.45, 2.75) is 44.0 Å². The number of carbonyl (C=O) groups is 2. The molecule has 0 aromatic heterocycles. The first-order valence-electron chi connectivity index (χ1n) is 7.78. The number of halogens is 6. The van der Waals surface area contributed by atoms with E-state index in [0.717, 1.165) is 12.1 Å². The van der Waals surface area contributed by atoms with Crippen LogP contribution in [0.4, 0.5) is 26.3 Å². The first-order valence-corrected chi connectivity index (χ1v) is 7.78. The summed E-state index contributed by atoms with van der Waals surface area (Å²) in [6.07, 6.45) is -9.16. The van der Waals surface area contributed by atoms with Gasteiger partial charge >= 0.3 is 12.4 Å². The second-order valence-electron chi connectivity index (χ2n) is 6.77. The highest BCUT2D eigenvalue weighted by atomic mass is 19.4. The van der Waals surface area contributed by atoms with Crippen LogP contribution in [-0.2, 0) is 21.9 Å². The van der Waals surface area contributed by atoms with Gasteiger partial charge in [-0.3, -0.25) is 9.59 Å². The van der Waals surface area contributed by atoms with E-state index in [0.29, 0.717) is 6.42 Å².